The fourth-order valence-electron chi connectivity index (χ4n) is 3.41. The molecule has 1 N–H and O–H groups in total. The average Bonchev–Trinajstić information content (AvgIpc) is 3.27. The van der Waals surface area contributed by atoms with Gasteiger partial charge in [0.25, 0.3) is 5.91 Å². The summed E-state index contributed by atoms with van der Waals surface area (Å²) in [4.78, 5) is 21.3. The van der Waals surface area contributed by atoms with E-state index in [1.54, 1.807) is 6.20 Å². The van der Waals surface area contributed by atoms with Crippen molar-refractivity contribution >= 4 is 28.8 Å². The number of nitrogens with one attached hydrogen (secondary N) is 1. The molecule has 2 fully saturated rings. The SMILES string of the molecule is O=C(NC1CCSC1)c1cnc2c(c1)ncn2C1CCCC1. The second kappa shape index (κ2) is 5.91. The minimum atomic E-state index is -0.0303. The number of imidazole rings is 1. The van der Waals surface area contributed by atoms with Crippen LogP contribution in [0.2, 0.25) is 0 Å². The number of carbonyl (C=O) groups excluding carboxylic acids is 1. The lowest BCUT2D eigenvalue weighted by molar-refractivity contribution is 0.0941. The van der Waals surface area contributed by atoms with Gasteiger partial charge in [0.15, 0.2) is 5.65 Å². The summed E-state index contributed by atoms with van der Waals surface area (Å²) in [5.74, 6) is 2.11. The van der Waals surface area contributed by atoms with Crippen LogP contribution in [-0.4, -0.2) is 38.0 Å². The Balaban J connectivity index is 1.56. The van der Waals surface area contributed by atoms with E-state index in [0.29, 0.717) is 17.6 Å². The Morgan fingerprint density at radius 3 is 2.91 bits per heavy atom. The van der Waals surface area contributed by atoms with Crippen molar-refractivity contribution in [3.63, 3.8) is 0 Å². The topological polar surface area (TPSA) is 59.8 Å². The summed E-state index contributed by atoms with van der Waals surface area (Å²) < 4.78 is 2.18. The van der Waals surface area contributed by atoms with Crippen LogP contribution in [0, 0.1) is 0 Å². The predicted molar refractivity (Wildman–Crippen MR) is 88.2 cm³/mol. The normalized spacial score (nSPS) is 22.5. The number of aromatic nitrogens is 3. The van der Waals surface area contributed by atoms with Gasteiger partial charge in [-0.1, -0.05) is 12.8 Å². The van der Waals surface area contributed by atoms with Crippen molar-refractivity contribution < 1.29 is 4.79 Å². The molecule has 3 heterocycles. The number of carbonyl (C=O) groups is 1. The number of pyridine rings is 1. The maximum Gasteiger partial charge on any atom is 0.253 e. The Morgan fingerprint density at radius 2 is 2.14 bits per heavy atom. The van der Waals surface area contributed by atoms with Crippen molar-refractivity contribution in [3.8, 4) is 0 Å². The Bertz CT molecular complexity index is 687. The first-order valence-corrected chi connectivity index (χ1v) is 9.18. The molecule has 0 bridgehead atoms. The number of thioether (sulfide) groups is 1. The summed E-state index contributed by atoms with van der Waals surface area (Å²) in [5.41, 5.74) is 2.33. The number of hydrogen-bond acceptors (Lipinski definition) is 4. The molecule has 6 heteroatoms. The van der Waals surface area contributed by atoms with E-state index >= 15 is 0 Å². The number of hydrogen-bond donors (Lipinski definition) is 1. The maximum atomic E-state index is 12.3. The fraction of sp³-hybridized carbons (Fsp3) is 0.562. The molecule has 2 aliphatic rings. The van der Waals surface area contributed by atoms with Gasteiger partial charge in [-0.3, -0.25) is 4.79 Å². The lowest BCUT2D eigenvalue weighted by Crippen LogP contribution is -2.34. The van der Waals surface area contributed by atoms with Gasteiger partial charge in [0.05, 0.1) is 11.9 Å². The van der Waals surface area contributed by atoms with Crippen LogP contribution in [0.15, 0.2) is 18.6 Å². The van der Waals surface area contributed by atoms with Crippen LogP contribution >= 0.6 is 11.8 Å². The zero-order chi connectivity index (χ0) is 14.9. The summed E-state index contributed by atoms with van der Waals surface area (Å²) >= 11 is 1.89. The first-order valence-electron chi connectivity index (χ1n) is 8.02. The van der Waals surface area contributed by atoms with E-state index in [1.165, 1.54) is 25.7 Å². The number of nitrogens with zero attached hydrogens (tertiary/aromatic N) is 3. The van der Waals surface area contributed by atoms with Gasteiger partial charge in [-0.15, -0.1) is 0 Å². The summed E-state index contributed by atoms with van der Waals surface area (Å²) in [6.45, 7) is 0. The second-order valence-corrected chi connectivity index (χ2v) is 7.34. The summed E-state index contributed by atoms with van der Waals surface area (Å²) in [7, 11) is 0. The fourth-order valence-corrected chi connectivity index (χ4v) is 4.56. The summed E-state index contributed by atoms with van der Waals surface area (Å²) in [6, 6.07) is 2.68. The minimum absolute atomic E-state index is 0.0303. The molecule has 1 unspecified atom stereocenters. The van der Waals surface area contributed by atoms with E-state index in [0.717, 1.165) is 29.1 Å². The molecule has 0 aromatic carbocycles. The standard InChI is InChI=1S/C16H20N4OS/c21-16(19-12-5-6-22-9-12)11-7-14-15(17-8-11)20(10-18-14)13-3-1-2-4-13/h7-8,10,12-13H,1-6,9H2,(H,19,21). The van der Waals surface area contributed by atoms with Crippen LogP contribution in [0.5, 0.6) is 0 Å². The maximum absolute atomic E-state index is 12.3. The van der Waals surface area contributed by atoms with E-state index in [4.69, 9.17) is 0 Å². The first kappa shape index (κ1) is 14.1. The van der Waals surface area contributed by atoms with Crippen molar-refractivity contribution in [2.24, 2.45) is 0 Å². The molecule has 5 nitrogen and oxygen atoms in total. The lowest BCUT2D eigenvalue weighted by Gasteiger charge is -2.12. The molecular weight excluding hydrogens is 296 g/mol. The van der Waals surface area contributed by atoms with Gasteiger partial charge in [-0.05, 0) is 31.1 Å². The van der Waals surface area contributed by atoms with E-state index in [-0.39, 0.29) is 5.91 Å². The van der Waals surface area contributed by atoms with E-state index in [9.17, 15) is 4.79 Å². The van der Waals surface area contributed by atoms with Crippen LogP contribution in [0.3, 0.4) is 0 Å². The highest BCUT2D eigenvalue weighted by atomic mass is 32.2. The highest BCUT2D eigenvalue weighted by Crippen LogP contribution is 2.31. The molecule has 116 valence electrons. The Labute approximate surface area is 133 Å². The summed E-state index contributed by atoms with van der Waals surface area (Å²) in [5, 5.41) is 3.09. The number of fused-ring (bicyclic) bond motifs is 1. The molecule has 1 aliphatic carbocycles. The van der Waals surface area contributed by atoms with Crippen LogP contribution in [0.4, 0.5) is 0 Å². The minimum Gasteiger partial charge on any atom is -0.348 e. The van der Waals surface area contributed by atoms with E-state index in [2.05, 4.69) is 19.9 Å². The Kier molecular flexibility index (Phi) is 3.78. The lowest BCUT2D eigenvalue weighted by atomic mass is 10.2. The Morgan fingerprint density at radius 1 is 1.27 bits per heavy atom. The van der Waals surface area contributed by atoms with Gasteiger partial charge in [0.1, 0.15) is 5.52 Å². The molecule has 1 atom stereocenters. The van der Waals surface area contributed by atoms with Gasteiger partial charge in [0.2, 0.25) is 0 Å². The van der Waals surface area contributed by atoms with E-state index < -0.39 is 0 Å². The number of amides is 1. The highest BCUT2D eigenvalue weighted by molar-refractivity contribution is 7.99. The van der Waals surface area contributed by atoms with Crippen molar-refractivity contribution in [2.45, 2.75) is 44.2 Å². The van der Waals surface area contributed by atoms with E-state index in [1.807, 2.05) is 24.2 Å². The smallest absolute Gasteiger partial charge is 0.253 e. The molecule has 1 amide bonds. The molecule has 0 radical (unpaired) electrons. The van der Waals surface area contributed by atoms with Gasteiger partial charge in [-0.2, -0.15) is 11.8 Å². The molecule has 2 aromatic heterocycles. The first-order chi connectivity index (χ1) is 10.8. The largest absolute Gasteiger partial charge is 0.348 e. The van der Waals surface area contributed by atoms with Crippen LogP contribution in [0.1, 0.15) is 48.5 Å². The molecule has 1 saturated heterocycles. The van der Waals surface area contributed by atoms with Gasteiger partial charge < -0.3 is 9.88 Å². The van der Waals surface area contributed by atoms with Gasteiger partial charge in [0, 0.05) is 24.0 Å². The van der Waals surface area contributed by atoms with Crippen molar-refractivity contribution in [1.29, 1.82) is 0 Å². The van der Waals surface area contributed by atoms with Crippen molar-refractivity contribution in [2.75, 3.05) is 11.5 Å². The number of rotatable bonds is 3. The molecule has 2 aromatic rings. The monoisotopic (exact) mass is 316 g/mol. The summed E-state index contributed by atoms with van der Waals surface area (Å²) in [6.07, 6.45) is 9.59. The third kappa shape index (κ3) is 2.60. The average molecular weight is 316 g/mol. The van der Waals surface area contributed by atoms with Crippen molar-refractivity contribution in [3.05, 3.63) is 24.2 Å². The molecule has 1 saturated carbocycles. The van der Waals surface area contributed by atoms with Crippen molar-refractivity contribution in [1.82, 2.24) is 19.9 Å². The quantitative estimate of drug-likeness (QED) is 0.946. The van der Waals surface area contributed by atoms with Gasteiger partial charge in [-0.25, -0.2) is 9.97 Å². The predicted octanol–water partition coefficient (Wildman–Crippen LogP) is 2.78. The third-order valence-electron chi connectivity index (χ3n) is 4.66. The molecular formula is C16H20N4OS. The zero-order valence-electron chi connectivity index (χ0n) is 12.5. The van der Waals surface area contributed by atoms with Gasteiger partial charge >= 0.3 is 0 Å². The highest BCUT2D eigenvalue weighted by Gasteiger charge is 2.21. The molecule has 22 heavy (non-hydrogen) atoms. The third-order valence-corrected chi connectivity index (χ3v) is 5.82. The molecule has 1 aliphatic heterocycles. The second-order valence-electron chi connectivity index (χ2n) is 6.19. The van der Waals surface area contributed by atoms with Crippen LogP contribution in [-0.2, 0) is 0 Å². The molecule has 0 spiro atoms. The van der Waals surface area contributed by atoms with Crippen LogP contribution in [0.25, 0.3) is 11.2 Å². The van der Waals surface area contributed by atoms with Crippen LogP contribution < -0.4 is 5.32 Å². The molecule has 4 rings (SSSR count). The zero-order valence-corrected chi connectivity index (χ0v) is 13.3. The Hall–Kier alpha value is -1.56.